The lowest BCUT2D eigenvalue weighted by Crippen LogP contribution is -2.47. The van der Waals surface area contributed by atoms with Gasteiger partial charge in [0.25, 0.3) is 0 Å². The Bertz CT molecular complexity index is 250. The van der Waals surface area contributed by atoms with E-state index in [1.54, 1.807) is 0 Å². The summed E-state index contributed by atoms with van der Waals surface area (Å²) >= 11 is 0. The number of amides is 2. The van der Waals surface area contributed by atoms with E-state index in [0.717, 1.165) is 0 Å². The zero-order valence-electron chi connectivity index (χ0n) is 11.2. The van der Waals surface area contributed by atoms with Crippen molar-refractivity contribution in [3.05, 3.63) is 0 Å². The summed E-state index contributed by atoms with van der Waals surface area (Å²) in [5, 5.41) is 9.13. The van der Waals surface area contributed by atoms with E-state index in [1.165, 1.54) is 0 Å². The van der Waals surface area contributed by atoms with Crippen molar-refractivity contribution >= 4 is 11.8 Å². The topological polar surface area (TPSA) is 78.4 Å². The van der Waals surface area contributed by atoms with Crippen LogP contribution in [0.3, 0.4) is 0 Å². The second kappa shape index (κ2) is 7.23. The molecule has 1 unspecified atom stereocenters. The molecule has 5 nitrogen and oxygen atoms in total. The molecule has 0 fully saturated rings. The van der Waals surface area contributed by atoms with E-state index in [-0.39, 0.29) is 25.0 Å². The van der Waals surface area contributed by atoms with Crippen LogP contribution in [-0.2, 0) is 9.59 Å². The fourth-order valence-electron chi connectivity index (χ4n) is 1.19. The van der Waals surface area contributed by atoms with Gasteiger partial charge in [-0.25, -0.2) is 0 Å². The minimum absolute atomic E-state index is 0.104. The van der Waals surface area contributed by atoms with Gasteiger partial charge in [0.1, 0.15) is 6.04 Å². The van der Waals surface area contributed by atoms with Crippen molar-refractivity contribution in [1.82, 2.24) is 10.6 Å². The van der Waals surface area contributed by atoms with Gasteiger partial charge < -0.3 is 15.7 Å². The third-order valence-electron chi connectivity index (χ3n) is 1.76. The smallest absolute Gasteiger partial charge is 0.242 e. The molecule has 88 valence electrons. The molecule has 0 aromatic rings. The first-order valence-electron chi connectivity index (χ1n) is 6.07. The molecule has 0 aromatic carbocycles. The lowest BCUT2D eigenvalue weighted by molar-refractivity contribution is -0.128. The number of hydrogen-bond acceptors (Lipinski definition) is 3. The Kier molecular flexibility index (Phi) is 5.02. The van der Waals surface area contributed by atoms with Gasteiger partial charge in [-0.1, -0.05) is 13.8 Å². The summed E-state index contributed by atoms with van der Waals surface area (Å²) in [7, 11) is 0. The molecule has 0 heterocycles. The predicted octanol–water partition coefficient (Wildman–Crippen LogP) is -0.354. The molecule has 15 heavy (non-hydrogen) atoms. The highest BCUT2D eigenvalue weighted by Gasteiger charge is 2.19. The summed E-state index contributed by atoms with van der Waals surface area (Å²) in [6, 6.07) is -0.626. The van der Waals surface area contributed by atoms with Gasteiger partial charge in [-0.3, -0.25) is 9.59 Å². The number of aliphatic hydroxyl groups excluding tert-OH is 1. The number of carbonyl (C=O) groups excluding carboxylic acids is 2. The summed E-state index contributed by atoms with van der Waals surface area (Å²) in [6.45, 7) is 3.83. The van der Waals surface area contributed by atoms with Gasteiger partial charge in [0.05, 0.1) is 6.61 Å². The summed E-state index contributed by atoms with van der Waals surface area (Å²) in [4.78, 5) is 22.8. The van der Waals surface area contributed by atoms with Gasteiger partial charge in [0.2, 0.25) is 13.2 Å². The highest BCUT2D eigenvalue weighted by atomic mass is 16.3. The molecular weight excluding hydrogens is 196 g/mol. The van der Waals surface area contributed by atoms with Crippen LogP contribution < -0.4 is 10.6 Å². The van der Waals surface area contributed by atoms with Gasteiger partial charge >= 0.3 is 0 Å². The fourth-order valence-corrected chi connectivity index (χ4v) is 1.19. The maximum atomic E-state index is 11.7. The Morgan fingerprint density at radius 2 is 2.27 bits per heavy atom. The van der Waals surface area contributed by atoms with Crippen molar-refractivity contribution in [3.8, 4) is 0 Å². The average molecular weight is 218 g/mol. The van der Waals surface area contributed by atoms with Crippen molar-refractivity contribution in [2.45, 2.75) is 33.2 Å². The lowest BCUT2D eigenvalue weighted by atomic mass is 10.0. The van der Waals surface area contributed by atoms with Gasteiger partial charge in [-0.05, 0) is 12.3 Å². The van der Waals surface area contributed by atoms with Crippen LogP contribution >= 0.6 is 0 Å². The SMILES string of the molecule is [2H]CC(=O)NC(CC(C)C)C(=O)NCCO[2H]. The lowest BCUT2D eigenvalue weighted by Gasteiger charge is -2.18. The quantitative estimate of drug-likeness (QED) is 0.511. The van der Waals surface area contributed by atoms with E-state index in [1.807, 2.05) is 13.8 Å². The van der Waals surface area contributed by atoms with Crippen molar-refractivity contribution < 1.29 is 16.1 Å². The second-order valence-corrected chi connectivity index (χ2v) is 3.74. The van der Waals surface area contributed by atoms with Crippen LogP contribution in [0.25, 0.3) is 0 Å². The molecule has 3 N–H and O–H groups in total. The van der Waals surface area contributed by atoms with E-state index in [0.29, 0.717) is 6.42 Å². The molecule has 0 bridgehead atoms. The Balaban J connectivity index is 4.24. The van der Waals surface area contributed by atoms with Crippen molar-refractivity contribution in [3.63, 3.8) is 0 Å². The molecule has 5 heteroatoms. The first-order valence-corrected chi connectivity index (χ1v) is 4.95. The van der Waals surface area contributed by atoms with Crippen LogP contribution in [0.2, 0.25) is 0 Å². The average Bonchev–Trinajstić information content (AvgIpc) is 2.27. The monoisotopic (exact) mass is 218 g/mol. The number of carbonyl (C=O) groups is 2. The van der Waals surface area contributed by atoms with Gasteiger partial charge in [-0.15, -0.1) is 0 Å². The van der Waals surface area contributed by atoms with E-state index >= 15 is 0 Å². The third kappa shape index (κ3) is 6.90. The van der Waals surface area contributed by atoms with E-state index in [4.69, 9.17) is 2.80 Å². The molecule has 0 aliphatic carbocycles. The first-order chi connectivity index (χ1) is 8.01. The highest BCUT2D eigenvalue weighted by Crippen LogP contribution is 2.04. The highest BCUT2D eigenvalue weighted by molar-refractivity contribution is 5.86. The van der Waals surface area contributed by atoms with Crippen LogP contribution in [0.4, 0.5) is 0 Å². The Morgan fingerprint density at radius 3 is 2.80 bits per heavy atom. The number of rotatable bonds is 7. The molecule has 0 radical (unpaired) electrons. The Morgan fingerprint density at radius 1 is 1.53 bits per heavy atom. The maximum absolute atomic E-state index is 11.7. The summed E-state index contributed by atoms with van der Waals surface area (Å²) in [6.07, 6.45) is 0.513. The molecule has 0 spiro atoms. The van der Waals surface area contributed by atoms with Crippen LogP contribution in [0.1, 0.15) is 28.5 Å². The van der Waals surface area contributed by atoms with Crippen molar-refractivity contribution in [2.75, 3.05) is 13.2 Å². The van der Waals surface area contributed by atoms with Gasteiger partial charge in [-0.2, -0.15) is 0 Å². The molecule has 0 aromatic heterocycles. The number of hydrogen-bond donors (Lipinski definition) is 3. The van der Waals surface area contributed by atoms with E-state index in [2.05, 4.69) is 15.7 Å². The number of nitrogens with one attached hydrogen (secondary N) is 2. The van der Waals surface area contributed by atoms with Crippen LogP contribution in [-0.4, -0.2) is 37.5 Å². The van der Waals surface area contributed by atoms with Crippen LogP contribution in [0.5, 0.6) is 0 Å². The minimum atomic E-state index is -0.626. The van der Waals surface area contributed by atoms with Crippen molar-refractivity contribution in [2.24, 2.45) is 5.92 Å². The second-order valence-electron chi connectivity index (χ2n) is 3.74. The summed E-state index contributed by atoms with van der Waals surface area (Å²) < 4.78 is 13.4. The van der Waals surface area contributed by atoms with Gasteiger partial charge in [0, 0.05) is 14.8 Å². The van der Waals surface area contributed by atoms with E-state index in [9.17, 15) is 9.59 Å². The number of aliphatic hydroxyl groups is 1. The molecule has 0 saturated carbocycles. The maximum Gasteiger partial charge on any atom is 0.242 e. The van der Waals surface area contributed by atoms with Crippen LogP contribution in [0, 0.1) is 5.92 Å². The summed E-state index contributed by atoms with van der Waals surface area (Å²) in [5.41, 5.74) is 0. The van der Waals surface area contributed by atoms with E-state index < -0.39 is 18.8 Å². The third-order valence-corrected chi connectivity index (χ3v) is 1.76. The molecule has 0 aliphatic rings. The summed E-state index contributed by atoms with van der Waals surface area (Å²) in [5.74, 6) is -0.524. The normalized spacial score (nSPS) is 14.1. The Labute approximate surface area is 93.1 Å². The molecular formula is C10H20N2O3. The van der Waals surface area contributed by atoms with Crippen molar-refractivity contribution in [1.29, 1.82) is 1.43 Å². The molecule has 2 amide bonds. The first kappa shape index (κ1) is 10.4. The minimum Gasteiger partial charge on any atom is -0.395 e. The largest absolute Gasteiger partial charge is 0.395 e. The molecule has 1 atom stereocenters. The van der Waals surface area contributed by atoms with Crippen LogP contribution in [0.15, 0.2) is 0 Å². The zero-order chi connectivity index (χ0) is 13.3. The predicted molar refractivity (Wildman–Crippen MR) is 57.2 cm³/mol. The van der Waals surface area contributed by atoms with Gasteiger partial charge in [0.15, 0.2) is 0 Å². The zero-order valence-corrected chi connectivity index (χ0v) is 9.21. The standard InChI is InChI=1S/C10H20N2O3/c1-7(2)6-9(12-8(3)14)10(15)11-4-5-13/h7,9,13H,4-6H2,1-3H3,(H,11,15)(H,12,14)/i3D,13D. The molecule has 0 aliphatic heterocycles. The Hall–Kier alpha value is -1.10. The molecule has 0 rings (SSSR count). The molecule has 0 saturated heterocycles. The fraction of sp³-hybridized carbons (Fsp3) is 0.800.